The van der Waals surface area contributed by atoms with Crippen LogP contribution in [-0.4, -0.2) is 25.5 Å². The van der Waals surface area contributed by atoms with Gasteiger partial charge in [-0.3, -0.25) is 4.79 Å². The van der Waals surface area contributed by atoms with Gasteiger partial charge in [0, 0.05) is 19.1 Å². The Labute approximate surface area is 122 Å². The zero-order chi connectivity index (χ0) is 15.0. The first-order valence-electron chi connectivity index (χ1n) is 7.40. The van der Waals surface area contributed by atoms with Crippen LogP contribution in [-0.2, 0) is 4.79 Å². The lowest BCUT2D eigenvalue weighted by molar-refractivity contribution is -0.107. The number of hydrogen-bond acceptors (Lipinski definition) is 3. The van der Waals surface area contributed by atoms with Crippen molar-refractivity contribution in [3.8, 4) is 0 Å². The van der Waals surface area contributed by atoms with Crippen molar-refractivity contribution in [2.45, 2.75) is 51.6 Å². The van der Waals surface area contributed by atoms with Crippen LogP contribution in [0.15, 0.2) is 24.3 Å². The molecule has 0 spiro atoms. The first kappa shape index (κ1) is 16.5. The van der Waals surface area contributed by atoms with Crippen LogP contribution >= 0.6 is 0 Å². The van der Waals surface area contributed by atoms with Crippen LogP contribution in [0.1, 0.15) is 39.5 Å². The van der Waals surface area contributed by atoms with E-state index in [0.717, 1.165) is 43.5 Å². The Bertz CT molecular complexity index is 408. The van der Waals surface area contributed by atoms with Gasteiger partial charge < -0.3 is 16.0 Å². The third kappa shape index (κ3) is 4.53. The fourth-order valence-corrected chi connectivity index (χ4v) is 2.42. The Morgan fingerprint density at radius 2 is 2.00 bits per heavy atom. The SMILES string of the molecule is CCCC(N)CCC(C)N(C=O)c1ccccc1NC. The molecule has 3 N–H and O–H groups in total. The number of benzene rings is 1. The van der Waals surface area contributed by atoms with Gasteiger partial charge in [0.25, 0.3) is 0 Å². The number of carbonyl (C=O) groups excluding carboxylic acids is 1. The second kappa shape index (κ2) is 8.59. The van der Waals surface area contributed by atoms with E-state index in [1.54, 1.807) is 4.90 Å². The predicted octanol–water partition coefficient (Wildman–Crippen LogP) is 2.99. The van der Waals surface area contributed by atoms with Crippen molar-refractivity contribution in [2.24, 2.45) is 5.73 Å². The maximum atomic E-state index is 11.5. The molecule has 0 radical (unpaired) electrons. The number of nitrogens with one attached hydrogen (secondary N) is 1. The fourth-order valence-electron chi connectivity index (χ4n) is 2.42. The monoisotopic (exact) mass is 277 g/mol. The summed E-state index contributed by atoms with van der Waals surface area (Å²) in [6, 6.07) is 8.22. The van der Waals surface area contributed by atoms with E-state index in [9.17, 15) is 4.79 Å². The molecule has 20 heavy (non-hydrogen) atoms. The smallest absolute Gasteiger partial charge is 0.214 e. The number of para-hydroxylation sites is 2. The van der Waals surface area contributed by atoms with Crippen molar-refractivity contribution in [3.63, 3.8) is 0 Å². The molecule has 1 aromatic rings. The molecule has 1 amide bonds. The fraction of sp³-hybridized carbons (Fsp3) is 0.562. The second-order valence-electron chi connectivity index (χ2n) is 5.25. The van der Waals surface area contributed by atoms with E-state index in [1.165, 1.54) is 0 Å². The lowest BCUT2D eigenvalue weighted by Gasteiger charge is -2.28. The molecule has 1 aromatic carbocycles. The molecule has 0 aliphatic carbocycles. The summed E-state index contributed by atoms with van der Waals surface area (Å²) in [4.78, 5) is 13.2. The first-order chi connectivity index (χ1) is 9.63. The summed E-state index contributed by atoms with van der Waals surface area (Å²) in [5.41, 5.74) is 7.93. The van der Waals surface area contributed by atoms with Crippen LogP contribution < -0.4 is 16.0 Å². The minimum atomic E-state index is 0.143. The Kier molecular flexibility index (Phi) is 7.09. The highest BCUT2D eigenvalue weighted by molar-refractivity contribution is 5.83. The molecule has 2 unspecified atom stereocenters. The molecule has 4 heteroatoms. The van der Waals surface area contributed by atoms with Crippen LogP contribution in [0.3, 0.4) is 0 Å². The third-order valence-corrected chi connectivity index (χ3v) is 3.65. The quantitative estimate of drug-likeness (QED) is 0.682. The maximum Gasteiger partial charge on any atom is 0.214 e. The summed E-state index contributed by atoms with van der Waals surface area (Å²) in [5.74, 6) is 0. The molecular weight excluding hydrogens is 250 g/mol. The minimum absolute atomic E-state index is 0.143. The van der Waals surface area contributed by atoms with Crippen LogP contribution in [0, 0.1) is 0 Å². The van der Waals surface area contributed by atoms with Crippen LogP contribution in [0.25, 0.3) is 0 Å². The van der Waals surface area contributed by atoms with Crippen molar-refractivity contribution >= 4 is 17.8 Å². The van der Waals surface area contributed by atoms with Gasteiger partial charge in [-0.2, -0.15) is 0 Å². The van der Waals surface area contributed by atoms with Gasteiger partial charge in [-0.15, -0.1) is 0 Å². The molecular formula is C16H27N3O. The number of carbonyl (C=O) groups is 1. The normalized spacial score (nSPS) is 13.6. The predicted molar refractivity (Wildman–Crippen MR) is 86.1 cm³/mol. The average molecular weight is 277 g/mol. The van der Waals surface area contributed by atoms with Gasteiger partial charge in [0.05, 0.1) is 11.4 Å². The maximum absolute atomic E-state index is 11.5. The minimum Gasteiger partial charge on any atom is -0.386 e. The Balaban J connectivity index is 2.72. The van der Waals surface area contributed by atoms with Gasteiger partial charge in [-0.05, 0) is 38.3 Å². The summed E-state index contributed by atoms with van der Waals surface area (Å²) in [6.07, 6.45) is 4.92. The van der Waals surface area contributed by atoms with E-state index in [-0.39, 0.29) is 12.1 Å². The highest BCUT2D eigenvalue weighted by Gasteiger charge is 2.17. The van der Waals surface area contributed by atoms with E-state index in [2.05, 4.69) is 19.2 Å². The van der Waals surface area contributed by atoms with Gasteiger partial charge in [0.15, 0.2) is 0 Å². The van der Waals surface area contributed by atoms with Crippen molar-refractivity contribution in [3.05, 3.63) is 24.3 Å². The molecule has 0 fully saturated rings. The van der Waals surface area contributed by atoms with Gasteiger partial charge in [0.1, 0.15) is 0 Å². The standard InChI is InChI=1S/C16H27N3O/c1-4-7-14(17)11-10-13(2)19(12-20)16-9-6-5-8-15(16)18-3/h5-6,8-9,12-14,18H,4,7,10-11,17H2,1-3H3. The molecule has 4 nitrogen and oxygen atoms in total. The number of nitrogens with two attached hydrogens (primary N) is 1. The van der Waals surface area contributed by atoms with E-state index in [0.29, 0.717) is 0 Å². The Morgan fingerprint density at radius 3 is 2.60 bits per heavy atom. The zero-order valence-electron chi connectivity index (χ0n) is 12.8. The van der Waals surface area contributed by atoms with Gasteiger partial charge in [-0.25, -0.2) is 0 Å². The second-order valence-corrected chi connectivity index (χ2v) is 5.25. The first-order valence-corrected chi connectivity index (χ1v) is 7.40. The molecule has 0 saturated carbocycles. The van der Waals surface area contributed by atoms with Crippen LogP contribution in [0.2, 0.25) is 0 Å². The van der Waals surface area contributed by atoms with Gasteiger partial charge in [0.2, 0.25) is 6.41 Å². The number of nitrogens with zero attached hydrogens (tertiary/aromatic N) is 1. The molecule has 0 aromatic heterocycles. The van der Waals surface area contributed by atoms with E-state index < -0.39 is 0 Å². The van der Waals surface area contributed by atoms with E-state index in [4.69, 9.17) is 5.73 Å². The third-order valence-electron chi connectivity index (χ3n) is 3.65. The van der Waals surface area contributed by atoms with Crippen molar-refractivity contribution in [1.82, 2.24) is 0 Å². The van der Waals surface area contributed by atoms with Gasteiger partial charge >= 0.3 is 0 Å². The number of anilines is 2. The summed E-state index contributed by atoms with van der Waals surface area (Å²) in [7, 11) is 1.86. The van der Waals surface area contributed by atoms with Crippen LogP contribution in [0.4, 0.5) is 11.4 Å². The number of hydrogen-bond donors (Lipinski definition) is 2. The Morgan fingerprint density at radius 1 is 1.30 bits per heavy atom. The molecule has 2 atom stereocenters. The zero-order valence-corrected chi connectivity index (χ0v) is 12.8. The van der Waals surface area contributed by atoms with Crippen LogP contribution in [0.5, 0.6) is 0 Å². The lowest BCUT2D eigenvalue weighted by Crippen LogP contribution is -2.34. The molecule has 112 valence electrons. The van der Waals surface area contributed by atoms with E-state index >= 15 is 0 Å². The molecule has 0 aliphatic heterocycles. The highest BCUT2D eigenvalue weighted by atomic mass is 16.1. The molecule has 0 bridgehead atoms. The number of amides is 1. The summed E-state index contributed by atoms with van der Waals surface area (Å²) < 4.78 is 0. The highest BCUT2D eigenvalue weighted by Crippen LogP contribution is 2.27. The van der Waals surface area contributed by atoms with Crippen molar-refractivity contribution < 1.29 is 4.79 Å². The summed E-state index contributed by atoms with van der Waals surface area (Å²) >= 11 is 0. The molecule has 0 saturated heterocycles. The Hall–Kier alpha value is -1.55. The largest absolute Gasteiger partial charge is 0.386 e. The molecule has 0 heterocycles. The van der Waals surface area contributed by atoms with Crippen molar-refractivity contribution in [2.75, 3.05) is 17.3 Å². The lowest BCUT2D eigenvalue weighted by atomic mass is 10.0. The topological polar surface area (TPSA) is 58.4 Å². The average Bonchev–Trinajstić information content (AvgIpc) is 2.46. The molecule has 0 aliphatic rings. The van der Waals surface area contributed by atoms with Crippen molar-refractivity contribution in [1.29, 1.82) is 0 Å². The molecule has 1 rings (SSSR count). The van der Waals surface area contributed by atoms with Gasteiger partial charge in [-0.1, -0.05) is 25.5 Å². The summed E-state index contributed by atoms with van der Waals surface area (Å²) in [5, 5.41) is 3.13. The van der Waals surface area contributed by atoms with E-state index in [1.807, 2.05) is 31.3 Å². The number of rotatable bonds is 9. The summed E-state index contributed by atoms with van der Waals surface area (Å²) in [6.45, 7) is 4.21.